The highest BCUT2D eigenvalue weighted by molar-refractivity contribution is 7.15. The van der Waals surface area contributed by atoms with Gasteiger partial charge in [0, 0.05) is 42.7 Å². The molecule has 4 rings (SSSR count). The summed E-state index contributed by atoms with van der Waals surface area (Å²) in [6.07, 6.45) is 0.376. The van der Waals surface area contributed by atoms with Crippen LogP contribution in [0.5, 0.6) is 0 Å². The van der Waals surface area contributed by atoms with Gasteiger partial charge in [-0.3, -0.25) is 4.79 Å². The number of halogens is 3. The maximum absolute atomic E-state index is 12.9. The zero-order valence-corrected chi connectivity index (χ0v) is 18.3. The summed E-state index contributed by atoms with van der Waals surface area (Å²) < 4.78 is 38.7. The molecule has 170 valence electrons. The van der Waals surface area contributed by atoms with E-state index in [-0.39, 0.29) is 11.8 Å². The molecule has 1 aliphatic heterocycles. The van der Waals surface area contributed by atoms with Crippen LogP contribution in [0.2, 0.25) is 0 Å². The van der Waals surface area contributed by atoms with Crippen LogP contribution in [0.3, 0.4) is 0 Å². The number of carbonyl (C=O) groups is 1. The fourth-order valence-corrected chi connectivity index (χ4v) is 4.57. The fraction of sp³-hybridized carbons (Fsp3) is 0.304. The van der Waals surface area contributed by atoms with Crippen molar-refractivity contribution in [3.05, 3.63) is 70.4 Å². The molecule has 0 atom stereocenters. The van der Waals surface area contributed by atoms with Crippen LogP contribution in [0.1, 0.15) is 34.4 Å². The topological polar surface area (TPSA) is 81.9 Å². The largest absolute Gasteiger partial charge is 0.416 e. The Balaban J connectivity index is 1.31. The lowest BCUT2D eigenvalue weighted by Gasteiger charge is -2.31. The van der Waals surface area contributed by atoms with Gasteiger partial charge >= 0.3 is 6.18 Å². The van der Waals surface area contributed by atoms with Crippen LogP contribution in [0.4, 0.5) is 24.1 Å². The van der Waals surface area contributed by atoms with Crippen LogP contribution in [0.15, 0.2) is 48.8 Å². The van der Waals surface area contributed by atoms with Crippen molar-refractivity contribution < 1.29 is 18.0 Å². The van der Waals surface area contributed by atoms with E-state index >= 15 is 0 Å². The molecular formula is C23H20F3N5OS. The van der Waals surface area contributed by atoms with Gasteiger partial charge < -0.3 is 10.2 Å². The van der Waals surface area contributed by atoms with Crippen molar-refractivity contribution in [1.82, 2.24) is 9.97 Å². The van der Waals surface area contributed by atoms with Crippen LogP contribution in [-0.4, -0.2) is 29.0 Å². The third kappa shape index (κ3) is 5.68. The summed E-state index contributed by atoms with van der Waals surface area (Å²) in [4.78, 5) is 24.0. The summed E-state index contributed by atoms with van der Waals surface area (Å²) in [6.45, 7) is 1.35. The molecule has 6 nitrogen and oxygen atoms in total. The molecule has 1 aliphatic rings. The Hall–Kier alpha value is -3.45. The molecule has 0 aliphatic carbocycles. The lowest BCUT2D eigenvalue weighted by molar-refractivity contribution is -0.137. The van der Waals surface area contributed by atoms with Crippen molar-refractivity contribution in [2.75, 3.05) is 23.3 Å². The Kier molecular flexibility index (Phi) is 6.60. The molecule has 33 heavy (non-hydrogen) atoms. The van der Waals surface area contributed by atoms with Gasteiger partial charge in [-0.25, -0.2) is 9.97 Å². The predicted octanol–water partition coefficient (Wildman–Crippen LogP) is 4.87. The van der Waals surface area contributed by atoms with Gasteiger partial charge in [0.25, 0.3) is 0 Å². The molecule has 3 heterocycles. The Bertz CT molecular complexity index is 1160. The number of nitrogens with zero attached hydrogens (tertiary/aromatic N) is 4. The van der Waals surface area contributed by atoms with E-state index in [9.17, 15) is 18.0 Å². The molecule has 1 aromatic carbocycles. The Labute approximate surface area is 192 Å². The van der Waals surface area contributed by atoms with E-state index in [1.165, 1.54) is 23.6 Å². The minimum atomic E-state index is -4.38. The number of rotatable bonds is 5. The number of thiazole rings is 1. The molecule has 0 bridgehead atoms. The molecule has 0 saturated carbocycles. The number of hydrogen-bond acceptors (Lipinski definition) is 6. The van der Waals surface area contributed by atoms with E-state index in [1.807, 2.05) is 6.07 Å². The van der Waals surface area contributed by atoms with Crippen LogP contribution < -0.4 is 10.2 Å². The number of amides is 1. The van der Waals surface area contributed by atoms with Crippen LogP contribution in [0.25, 0.3) is 0 Å². The minimum absolute atomic E-state index is 0.109. The number of aromatic nitrogens is 2. The molecule has 3 aromatic rings. The first-order valence-corrected chi connectivity index (χ1v) is 11.2. The van der Waals surface area contributed by atoms with E-state index in [0.717, 1.165) is 22.8 Å². The minimum Gasteiger partial charge on any atom is -0.357 e. The standard InChI is InChI=1S/C23H20F3N5OS/c24-23(25,26)18-3-1-2-15(10-18)11-19-14-29-22(33-19)30-21(32)17-6-8-31(9-7-17)20-5-4-16(12-27)13-28-20/h1-5,10,13-14,17H,6-9,11H2,(H,29,30,32). The highest BCUT2D eigenvalue weighted by atomic mass is 32.1. The molecule has 0 radical (unpaired) electrons. The maximum atomic E-state index is 12.9. The summed E-state index contributed by atoms with van der Waals surface area (Å²) in [5.74, 6) is 0.518. The highest BCUT2D eigenvalue weighted by Crippen LogP contribution is 2.31. The monoisotopic (exact) mass is 471 g/mol. The zero-order chi connectivity index (χ0) is 23.4. The molecule has 1 N–H and O–H groups in total. The van der Waals surface area contributed by atoms with E-state index in [0.29, 0.717) is 48.6 Å². The fourth-order valence-electron chi connectivity index (χ4n) is 3.72. The van der Waals surface area contributed by atoms with Gasteiger partial charge in [-0.15, -0.1) is 11.3 Å². The zero-order valence-electron chi connectivity index (χ0n) is 17.5. The van der Waals surface area contributed by atoms with Gasteiger partial charge in [0.15, 0.2) is 5.13 Å². The Morgan fingerprint density at radius 2 is 1.97 bits per heavy atom. The number of nitriles is 1. The third-order valence-electron chi connectivity index (χ3n) is 5.48. The Morgan fingerprint density at radius 1 is 1.18 bits per heavy atom. The SMILES string of the molecule is N#Cc1ccc(N2CCC(C(=O)Nc3ncc(Cc4cccc(C(F)(F)F)c4)s3)CC2)nc1. The second kappa shape index (κ2) is 9.58. The van der Waals surface area contributed by atoms with E-state index in [1.54, 1.807) is 24.4 Å². The number of hydrogen-bond donors (Lipinski definition) is 1. The third-order valence-corrected chi connectivity index (χ3v) is 6.40. The van der Waals surface area contributed by atoms with Crippen molar-refractivity contribution >= 4 is 28.2 Å². The molecular weight excluding hydrogens is 451 g/mol. The molecule has 1 fully saturated rings. The van der Waals surface area contributed by atoms with Gasteiger partial charge in [0.05, 0.1) is 11.1 Å². The average Bonchev–Trinajstić information content (AvgIpc) is 3.25. The number of carbonyl (C=O) groups excluding carboxylic acids is 1. The second-order valence-corrected chi connectivity index (χ2v) is 8.89. The molecule has 0 spiro atoms. The summed E-state index contributed by atoms with van der Waals surface area (Å²) in [5.41, 5.74) is 0.361. The van der Waals surface area contributed by atoms with Crippen molar-refractivity contribution in [3.63, 3.8) is 0 Å². The van der Waals surface area contributed by atoms with Gasteiger partial charge in [-0.2, -0.15) is 18.4 Å². The number of pyridine rings is 1. The summed E-state index contributed by atoms with van der Waals surface area (Å²) in [6, 6.07) is 10.8. The average molecular weight is 472 g/mol. The van der Waals surface area contributed by atoms with Crippen LogP contribution in [0, 0.1) is 17.2 Å². The van der Waals surface area contributed by atoms with E-state index < -0.39 is 11.7 Å². The van der Waals surface area contributed by atoms with E-state index in [4.69, 9.17) is 5.26 Å². The van der Waals surface area contributed by atoms with Gasteiger partial charge in [0.2, 0.25) is 5.91 Å². The molecule has 1 saturated heterocycles. The maximum Gasteiger partial charge on any atom is 0.416 e. The Morgan fingerprint density at radius 3 is 2.64 bits per heavy atom. The molecule has 10 heteroatoms. The number of nitrogens with one attached hydrogen (secondary N) is 1. The van der Waals surface area contributed by atoms with Crippen molar-refractivity contribution in [2.45, 2.75) is 25.4 Å². The number of anilines is 2. The first-order valence-electron chi connectivity index (χ1n) is 10.3. The summed E-state index contributed by atoms with van der Waals surface area (Å²) >= 11 is 1.26. The first-order chi connectivity index (χ1) is 15.8. The number of alkyl halides is 3. The van der Waals surface area contributed by atoms with Gasteiger partial charge in [0.1, 0.15) is 11.9 Å². The van der Waals surface area contributed by atoms with E-state index in [2.05, 4.69) is 20.2 Å². The van der Waals surface area contributed by atoms with Gasteiger partial charge in [-0.05, 0) is 36.6 Å². The molecule has 0 unspecified atom stereocenters. The predicted molar refractivity (Wildman–Crippen MR) is 119 cm³/mol. The lowest BCUT2D eigenvalue weighted by atomic mass is 9.96. The smallest absolute Gasteiger partial charge is 0.357 e. The molecule has 1 amide bonds. The molecule has 2 aromatic heterocycles. The van der Waals surface area contributed by atoms with Crippen molar-refractivity contribution in [1.29, 1.82) is 5.26 Å². The number of benzene rings is 1. The first kappa shape index (κ1) is 22.7. The summed E-state index contributed by atoms with van der Waals surface area (Å²) in [7, 11) is 0. The highest BCUT2D eigenvalue weighted by Gasteiger charge is 2.30. The van der Waals surface area contributed by atoms with Crippen molar-refractivity contribution in [2.24, 2.45) is 5.92 Å². The van der Waals surface area contributed by atoms with Crippen molar-refractivity contribution in [3.8, 4) is 6.07 Å². The summed E-state index contributed by atoms with van der Waals surface area (Å²) in [5, 5.41) is 12.2. The quantitative estimate of drug-likeness (QED) is 0.574. The second-order valence-electron chi connectivity index (χ2n) is 7.77. The number of piperidine rings is 1. The van der Waals surface area contributed by atoms with Crippen LogP contribution in [-0.2, 0) is 17.4 Å². The normalized spacial score (nSPS) is 14.7. The van der Waals surface area contributed by atoms with Gasteiger partial charge in [-0.1, -0.05) is 18.2 Å². The lowest BCUT2D eigenvalue weighted by Crippen LogP contribution is -2.38. The van der Waals surface area contributed by atoms with Crippen LogP contribution >= 0.6 is 11.3 Å².